The molecular weight excluding hydrogens is 562 g/mol. The molecule has 1 fully saturated rings. The number of hydrogen-bond acceptors (Lipinski definition) is 8. The third-order valence-corrected chi connectivity index (χ3v) is 7.75. The van der Waals surface area contributed by atoms with Crippen molar-refractivity contribution in [1.29, 1.82) is 0 Å². The summed E-state index contributed by atoms with van der Waals surface area (Å²) in [5.74, 6) is 0.0284. The summed E-state index contributed by atoms with van der Waals surface area (Å²) in [6.07, 6.45) is -3.22. The van der Waals surface area contributed by atoms with E-state index in [1.807, 2.05) is 32.7 Å². The first-order valence-corrected chi connectivity index (χ1v) is 13.9. The van der Waals surface area contributed by atoms with Crippen LogP contribution in [0.5, 0.6) is 0 Å². The molecule has 4 aromatic heterocycles. The van der Waals surface area contributed by atoms with Gasteiger partial charge in [0.05, 0.1) is 41.8 Å². The number of anilines is 1. The van der Waals surface area contributed by atoms with Crippen LogP contribution < -0.4 is 10.6 Å². The summed E-state index contributed by atoms with van der Waals surface area (Å²) in [7, 11) is 1.84. The highest BCUT2D eigenvalue weighted by Gasteiger charge is 2.34. The van der Waals surface area contributed by atoms with Gasteiger partial charge in [0.2, 0.25) is 0 Å². The molecule has 0 radical (unpaired) electrons. The third kappa shape index (κ3) is 6.50. The molecule has 1 aliphatic heterocycles. The second kappa shape index (κ2) is 11.0. The highest BCUT2D eigenvalue weighted by Crippen LogP contribution is 2.35. The van der Waals surface area contributed by atoms with Crippen molar-refractivity contribution in [2.75, 3.05) is 25.5 Å². The molecule has 0 unspecified atom stereocenters. The minimum Gasteiger partial charge on any atom is -0.364 e. The first-order valence-electron chi connectivity index (χ1n) is 13.1. The number of alkyl halides is 4. The van der Waals surface area contributed by atoms with E-state index in [0.29, 0.717) is 29.4 Å². The van der Waals surface area contributed by atoms with E-state index in [0.717, 1.165) is 11.3 Å². The summed E-state index contributed by atoms with van der Waals surface area (Å²) in [4.78, 5) is 14.5. The average Bonchev–Trinajstić information content (AvgIpc) is 3.63. The van der Waals surface area contributed by atoms with Crippen molar-refractivity contribution in [2.24, 2.45) is 0 Å². The Labute approximate surface area is 237 Å². The predicted molar refractivity (Wildman–Crippen MR) is 147 cm³/mol. The minimum absolute atomic E-state index is 0.0278. The third-order valence-electron chi connectivity index (χ3n) is 6.82. The van der Waals surface area contributed by atoms with Gasteiger partial charge in [0.15, 0.2) is 5.01 Å². The lowest BCUT2D eigenvalue weighted by atomic mass is 10.0. The van der Waals surface area contributed by atoms with Crippen molar-refractivity contribution in [3.63, 3.8) is 0 Å². The lowest BCUT2D eigenvalue weighted by Gasteiger charge is -2.33. The molecule has 5 rings (SSSR count). The Kier molecular flexibility index (Phi) is 7.76. The van der Waals surface area contributed by atoms with Crippen molar-refractivity contribution in [2.45, 2.75) is 64.1 Å². The summed E-state index contributed by atoms with van der Waals surface area (Å²) in [6, 6.07) is 4.33. The van der Waals surface area contributed by atoms with Crippen LogP contribution in [0, 0.1) is 0 Å². The maximum absolute atomic E-state index is 14.7. The van der Waals surface area contributed by atoms with Gasteiger partial charge in [-0.2, -0.15) is 23.4 Å². The van der Waals surface area contributed by atoms with Gasteiger partial charge in [-0.05, 0) is 46.4 Å². The number of fused-ring (bicyclic) bond motifs is 1. The molecule has 0 spiro atoms. The Balaban J connectivity index is 1.40. The molecular formula is C26H31F4N9OS. The number of rotatable bonds is 7. The van der Waals surface area contributed by atoms with Crippen LogP contribution in [0.1, 0.15) is 48.1 Å². The number of carbonyl (C=O) groups excluding carboxylic acids is 1. The normalized spacial score (nSPS) is 18.6. The standard InChI is InChI=1S/C26H31F4N9OS/c1-25(2,3)38-13-15(11-32-38)23(40)31-12-21-34-35-24(41-21)22-16(10-26(28,29)30)19-6-5-7-20(39(19)36-22)33-18-8-9-37(4)14-17(18)27/h5-7,11,13,17-18,33H,8-10,12,14H2,1-4H3,(H,31,40)/t17-,18+/m0/s1. The summed E-state index contributed by atoms with van der Waals surface area (Å²) in [6.45, 7) is 6.87. The number of amides is 1. The van der Waals surface area contributed by atoms with Gasteiger partial charge in [0, 0.05) is 24.8 Å². The van der Waals surface area contributed by atoms with E-state index in [4.69, 9.17) is 0 Å². The number of aromatic nitrogens is 6. The molecule has 0 saturated carbocycles. The molecule has 0 aromatic carbocycles. The average molecular weight is 594 g/mol. The van der Waals surface area contributed by atoms with E-state index >= 15 is 0 Å². The Bertz CT molecular complexity index is 1540. The van der Waals surface area contributed by atoms with Crippen molar-refractivity contribution < 1.29 is 22.4 Å². The summed E-state index contributed by atoms with van der Waals surface area (Å²) >= 11 is 1.04. The maximum Gasteiger partial charge on any atom is 0.393 e. The van der Waals surface area contributed by atoms with E-state index in [1.54, 1.807) is 29.1 Å². The number of likely N-dealkylation sites (tertiary alicyclic amines) is 1. The van der Waals surface area contributed by atoms with Gasteiger partial charge < -0.3 is 15.5 Å². The van der Waals surface area contributed by atoms with Crippen molar-refractivity contribution >= 4 is 28.6 Å². The van der Waals surface area contributed by atoms with Crippen LogP contribution in [0.4, 0.5) is 23.4 Å². The van der Waals surface area contributed by atoms with Crippen molar-refractivity contribution in [3.8, 4) is 10.7 Å². The van der Waals surface area contributed by atoms with Gasteiger partial charge in [-0.15, -0.1) is 10.2 Å². The summed E-state index contributed by atoms with van der Waals surface area (Å²) in [5.41, 5.74) is 0.315. The monoisotopic (exact) mass is 593 g/mol. The topological polar surface area (TPSA) is 105 Å². The number of nitrogens with one attached hydrogen (secondary N) is 2. The van der Waals surface area contributed by atoms with Crippen LogP contribution in [0.3, 0.4) is 0 Å². The fourth-order valence-electron chi connectivity index (χ4n) is 4.67. The van der Waals surface area contributed by atoms with E-state index in [-0.39, 0.29) is 46.3 Å². The fraction of sp³-hybridized carbons (Fsp3) is 0.500. The van der Waals surface area contributed by atoms with E-state index in [2.05, 4.69) is 31.0 Å². The van der Waals surface area contributed by atoms with Crippen LogP contribution in [0.2, 0.25) is 0 Å². The van der Waals surface area contributed by atoms with Gasteiger partial charge in [-0.1, -0.05) is 17.4 Å². The fourth-order valence-corrected chi connectivity index (χ4v) is 5.46. The number of nitrogens with zero attached hydrogens (tertiary/aromatic N) is 7. The quantitative estimate of drug-likeness (QED) is 0.308. The molecule has 220 valence electrons. The Morgan fingerprint density at radius 1 is 1.20 bits per heavy atom. The van der Waals surface area contributed by atoms with Crippen LogP contribution in [-0.2, 0) is 18.5 Å². The molecule has 0 bridgehead atoms. The molecule has 4 aromatic rings. The first kappa shape index (κ1) is 28.9. The van der Waals surface area contributed by atoms with E-state index in [1.165, 1.54) is 10.7 Å². The maximum atomic E-state index is 14.7. The van der Waals surface area contributed by atoms with E-state index < -0.39 is 24.8 Å². The number of piperidine rings is 1. The molecule has 1 saturated heterocycles. The first-order chi connectivity index (χ1) is 19.3. The predicted octanol–water partition coefficient (Wildman–Crippen LogP) is 4.29. The van der Waals surface area contributed by atoms with Gasteiger partial charge in [-0.3, -0.25) is 9.48 Å². The Hall–Kier alpha value is -3.59. The molecule has 2 atom stereocenters. The van der Waals surface area contributed by atoms with Crippen LogP contribution in [0.15, 0.2) is 30.6 Å². The number of pyridine rings is 1. The second-order valence-corrected chi connectivity index (χ2v) is 12.2. The van der Waals surface area contributed by atoms with Gasteiger partial charge in [-0.25, -0.2) is 8.91 Å². The highest BCUT2D eigenvalue weighted by atomic mass is 32.1. The van der Waals surface area contributed by atoms with Gasteiger partial charge in [0.1, 0.15) is 22.7 Å². The number of carbonyl (C=O) groups is 1. The second-order valence-electron chi connectivity index (χ2n) is 11.2. The smallest absolute Gasteiger partial charge is 0.364 e. The SMILES string of the molecule is CN1CC[C@@H](Nc2cccc3c(CC(F)(F)F)c(-c4nnc(CNC(=O)c5cnn(C(C)(C)C)c5)s4)nn23)[C@@H](F)C1. The van der Waals surface area contributed by atoms with Crippen LogP contribution in [-0.4, -0.2) is 78.9 Å². The largest absolute Gasteiger partial charge is 0.393 e. The molecule has 0 aliphatic carbocycles. The molecule has 2 N–H and O–H groups in total. The van der Waals surface area contributed by atoms with Crippen LogP contribution in [0.25, 0.3) is 16.2 Å². The Morgan fingerprint density at radius 3 is 2.66 bits per heavy atom. The van der Waals surface area contributed by atoms with Crippen LogP contribution >= 0.6 is 11.3 Å². The number of hydrogen-bond donors (Lipinski definition) is 2. The minimum atomic E-state index is -4.50. The zero-order valence-electron chi connectivity index (χ0n) is 23.0. The molecule has 10 nitrogen and oxygen atoms in total. The summed E-state index contributed by atoms with van der Waals surface area (Å²) < 4.78 is 58.8. The summed E-state index contributed by atoms with van der Waals surface area (Å²) in [5, 5.41) is 23.4. The molecule has 15 heteroatoms. The van der Waals surface area contributed by atoms with Gasteiger partial charge >= 0.3 is 6.18 Å². The zero-order chi connectivity index (χ0) is 29.5. The lowest BCUT2D eigenvalue weighted by molar-refractivity contribution is -0.126. The zero-order valence-corrected chi connectivity index (χ0v) is 23.9. The Morgan fingerprint density at radius 2 is 1.98 bits per heavy atom. The molecule has 41 heavy (non-hydrogen) atoms. The molecule has 1 amide bonds. The molecule has 1 aliphatic rings. The number of halogens is 4. The lowest BCUT2D eigenvalue weighted by Crippen LogP contribution is -2.46. The van der Waals surface area contributed by atoms with E-state index in [9.17, 15) is 22.4 Å². The highest BCUT2D eigenvalue weighted by molar-refractivity contribution is 7.14. The van der Waals surface area contributed by atoms with Crippen molar-refractivity contribution in [1.82, 2.24) is 39.8 Å². The molecule has 5 heterocycles. The van der Waals surface area contributed by atoms with Crippen molar-refractivity contribution in [3.05, 3.63) is 46.7 Å². The van der Waals surface area contributed by atoms with Gasteiger partial charge in [0.25, 0.3) is 5.91 Å².